The lowest BCUT2D eigenvalue weighted by molar-refractivity contribution is -0.0934. The minimum Gasteiger partial charge on any atom is -0.459 e. The van der Waals surface area contributed by atoms with E-state index in [9.17, 15) is 13.2 Å². The van der Waals surface area contributed by atoms with Gasteiger partial charge in [-0.15, -0.1) is 0 Å². The maximum absolute atomic E-state index is 13.0. The molecule has 1 aliphatic rings. The monoisotopic (exact) mass is 271 g/mol. The van der Waals surface area contributed by atoms with Gasteiger partial charge in [-0.05, 0) is 31.4 Å². The van der Waals surface area contributed by atoms with Crippen molar-refractivity contribution in [3.8, 4) is 0 Å². The highest BCUT2D eigenvalue weighted by molar-refractivity contribution is 5.75. The van der Waals surface area contributed by atoms with E-state index in [1.807, 2.05) is 6.92 Å². The Balaban J connectivity index is 2.41. The summed E-state index contributed by atoms with van der Waals surface area (Å²) >= 11 is 0. The molecule has 1 aromatic heterocycles. The average Bonchev–Trinajstić information content (AvgIpc) is 2.86. The van der Waals surface area contributed by atoms with Gasteiger partial charge in [0, 0.05) is 11.1 Å². The molecular formula is C14H16F3NO. The molecule has 1 heterocycles. The van der Waals surface area contributed by atoms with Crippen molar-refractivity contribution in [1.82, 2.24) is 0 Å². The van der Waals surface area contributed by atoms with Gasteiger partial charge in [0.2, 0.25) is 0 Å². The van der Waals surface area contributed by atoms with Crippen LogP contribution in [0.5, 0.6) is 0 Å². The van der Waals surface area contributed by atoms with Crippen LogP contribution in [0.2, 0.25) is 0 Å². The van der Waals surface area contributed by atoms with E-state index in [1.54, 1.807) is 18.2 Å². The third-order valence-corrected chi connectivity index (χ3v) is 3.21. The summed E-state index contributed by atoms with van der Waals surface area (Å²) in [5.74, 6) is 0.757. The summed E-state index contributed by atoms with van der Waals surface area (Å²) in [5, 5.41) is 0. The SMILES string of the molecule is CCC(N)c1ccc(C2=C(C(F)(F)F)CCC=C2)o1. The molecule has 1 aromatic rings. The number of furan rings is 1. The normalized spacial score (nSPS) is 17.9. The molecular weight excluding hydrogens is 255 g/mol. The number of allylic oxidation sites excluding steroid dienone is 4. The molecule has 0 aromatic carbocycles. The highest BCUT2D eigenvalue weighted by Crippen LogP contribution is 2.39. The molecule has 1 unspecified atom stereocenters. The third kappa shape index (κ3) is 2.92. The molecule has 5 heteroatoms. The van der Waals surface area contributed by atoms with Crippen LogP contribution in [-0.4, -0.2) is 6.18 Å². The molecule has 0 aliphatic heterocycles. The van der Waals surface area contributed by atoms with E-state index in [0.29, 0.717) is 18.6 Å². The predicted octanol–water partition coefficient (Wildman–Crippen LogP) is 4.36. The summed E-state index contributed by atoms with van der Waals surface area (Å²) in [6, 6.07) is 2.92. The quantitative estimate of drug-likeness (QED) is 0.887. The van der Waals surface area contributed by atoms with E-state index >= 15 is 0 Å². The average molecular weight is 271 g/mol. The van der Waals surface area contributed by atoms with Gasteiger partial charge >= 0.3 is 6.18 Å². The molecule has 2 N–H and O–H groups in total. The molecule has 0 radical (unpaired) electrons. The van der Waals surface area contributed by atoms with Crippen LogP contribution in [0.4, 0.5) is 13.2 Å². The molecule has 2 nitrogen and oxygen atoms in total. The van der Waals surface area contributed by atoms with Crippen LogP contribution in [0.25, 0.3) is 5.57 Å². The Morgan fingerprint density at radius 2 is 2.11 bits per heavy atom. The maximum atomic E-state index is 13.0. The number of hydrogen-bond donors (Lipinski definition) is 1. The standard InChI is InChI=1S/C14H16F3NO/c1-2-11(18)13-8-7-12(19-13)9-5-3-4-6-10(9)14(15,16)17/h3,5,7-8,11H,2,4,6,18H2,1H3. The van der Waals surface area contributed by atoms with E-state index in [-0.39, 0.29) is 23.8 Å². The summed E-state index contributed by atoms with van der Waals surface area (Å²) < 4.78 is 44.3. The van der Waals surface area contributed by atoms with Crippen LogP contribution in [0.1, 0.15) is 43.7 Å². The van der Waals surface area contributed by atoms with Crippen LogP contribution >= 0.6 is 0 Å². The van der Waals surface area contributed by atoms with E-state index in [4.69, 9.17) is 10.2 Å². The minimum absolute atomic E-state index is 0.00873. The Morgan fingerprint density at radius 3 is 2.74 bits per heavy atom. The Hall–Kier alpha value is -1.49. The van der Waals surface area contributed by atoms with Gasteiger partial charge < -0.3 is 10.2 Å². The Labute approximate surface area is 109 Å². The fourth-order valence-electron chi connectivity index (χ4n) is 2.09. The summed E-state index contributed by atoms with van der Waals surface area (Å²) in [5.41, 5.74) is 5.40. The number of alkyl halides is 3. The van der Waals surface area contributed by atoms with E-state index < -0.39 is 11.7 Å². The van der Waals surface area contributed by atoms with Gasteiger partial charge in [0.15, 0.2) is 0 Å². The zero-order valence-corrected chi connectivity index (χ0v) is 10.6. The fourth-order valence-corrected chi connectivity index (χ4v) is 2.09. The van der Waals surface area contributed by atoms with Crippen molar-refractivity contribution in [3.05, 3.63) is 41.4 Å². The van der Waals surface area contributed by atoms with Gasteiger partial charge in [-0.3, -0.25) is 0 Å². The summed E-state index contributed by atoms with van der Waals surface area (Å²) in [4.78, 5) is 0. The lowest BCUT2D eigenvalue weighted by Gasteiger charge is -2.17. The molecule has 1 atom stereocenters. The van der Waals surface area contributed by atoms with Crippen LogP contribution < -0.4 is 5.73 Å². The molecule has 0 saturated carbocycles. The lowest BCUT2D eigenvalue weighted by Crippen LogP contribution is -2.15. The first-order valence-electron chi connectivity index (χ1n) is 6.26. The minimum atomic E-state index is -4.32. The van der Waals surface area contributed by atoms with Crippen molar-refractivity contribution in [2.45, 2.75) is 38.4 Å². The second-order valence-corrected chi connectivity index (χ2v) is 4.55. The van der Waals surface area contributed by atoms with Gasteiger partial charge in [-0.25, -0.2) is 0 Å². The van der Waals surface area contributed by atoms with Crippen LogP contribution in [-0.2, 0) is 0 Å². The van der Waals surface area contributed by atoms with Crippen LogP contribution in [0, 0.1) is 0 Å². The largest absolute Gasteiger partial charge is 0.459 e. The Bertz CT molecular complexity index is 511. The molecule has 19 heavy (non-hydrogen) atoms. The first-order chi connectivity index (χ1) is 8.93. The predicted molar refractivity (Wildman–Crippen MR) is 67.3 cm³/mol. The second kappa shape index (κ2) is 5.25. The van der Waals surface area contributed by atoms with Gasteiger partial charge in [0.05, 0.1) is 6.04 Å². The molecule has 104 valence electrons. The molecule has 0 bridgehead atoms. The van der Waals surface area contributed by atoms with Gasteiger partial charge in [0.1, 0.15) is 11.5 Å². The van der Waals surface area contributed by atoms with E-state index in [1.165, 1.54) is 6.08 Å². The van der Waals surface area contributed by atoms with Crippen molar-refractivity contribution < 1.29 is 17.6 Å². The molecule has 0 saturated heterocycles. The molecule has 0 spiro atoms. The summed E-state index contributed by atoms with van der Waals surface area (Å²) in [7, 11) is 0. The number of halogens is 3. The van der Waals surface area contributed by atoms with Gasteiger partial charge in [-0.1, -0.05) is 19.1 Å². The summed E-state index contributed by atoms with van der Waals surface area (Å²) in [6.45, 7) is 1.90. The second-order valence-electron chi connectivity index (χ2n) is 4.55. The van der Waals surface area contributed by atoms with Crippen molar-refractivity contribution in [2.24, 2.45) is 5.73 Å². The van der Waals surface area contributed by atoms with Crippen molar-refractivity contribution in [2.75, 3.05) is 0 Å². The molecule has 2 rings (SSSR count). The van der Waals surface area contributed by atoms with Crippen LogP contribution in [0.3, 0.4) is 0 Å². The van der Waals surface area contributed by atoms with Crippen molar-refractivity contribution in [3.63, 3.8) is 0 Å². The van der Waals surface area contributed by atoms with Crippen LogP contribution in [0.15, 0.2) is 34.3 Å². The first kappa shape index (κ1) is 13.9. The molecule has 1 aliphatic carbocycles. The maximum Gasteiger partial charge on any atom is 0.413 e. The summed E-state index contributed by atoms with van der Waals surface area (Å²) in [6.07, 6.45) is -0.0433. The lowest BCUT2D eigenvalue weighted by atomic mass is 9.95. The highest BCUT2D eigenvalue weighted by atomic mass is 19.4. The Morgan fingerprint density at radius 1 is 1.37 bits per heavy atom. The first-order valence-corrected chi connectivity index (χ1v) is 6.26. The topological polar surface area (TPSA) is 39.2 Å². The third-order valence-electron chi connectivity index (χ3n) is 3.21. The fraction of sp³-hybridized carbons (Fsp3) is 0.429. The van der Waals surface area contributed by atoms with Gasteiger partial charge in [0.25, 0.3) is 0 Å². The van der Waals surface area contributed by atoms with E-state index in [0.717, 1.165) is 0 Å². The number of nitrogens with two attached hydrogens (primary N) is 1. The smallest absolute Gasteiger partial charge is 0.413 e. The zero-order chi connectivity index (χ0) is 14.0. The zero-order valence-electron chi connectivity index (χ0n) is 10.6. The van der Waals surface area contributed by atoms with Gasteiger partial charge in [-0.2, -0.15) is 13.2 Å². The number of hydrogen-bond acceptors (Lipinski definition) is 2. The van der Waals surface area contributed by atoms with E-state index in [2.05, 4.69) is 0 Å². The Kier molecular flexibility index (Phi) is 3.85. The molecule has 0 amide bonds. The van der Waals surface area contributed by atoms with Crippen molar-refractivity contribution >= 4 is 5.57 Å². The van der Waals surface area contributed by atoms with Crippen molar-refractivity contribution in [1.29, 1.82) is 0 Å². The molecule has 0 fully saturated rings. The number of rotatable bonds is 3. The highest BCUT2D eigenvalue weighted by Gasteiger charge is 2.36.